The Bertz CT molecular complexity index is 1180. The van der Waals surface area contributed by atoms with Crippen molar-refractivity contribution in [3.8, 4) is 17.0 Å². The summed E-state index contributed by atoms with van der Waals surface area (Å²) in [5, 5.41) is 4.34. The zero-order chi connectivity index (χ0) is 22.6. The SMILES string of the molecule is Cc1ccccc1N(CC(=O)Nc1nc(-c2ccccc2OC(F)F)cs1)S(C)(=O)=O. The van der Waals surface area contributed by atoms with Gasteiger partial charge < -0.3 is 10.1 Å². The number of hydrogen-bond donors (Lipinski definition) is 1. The smallest absolute Gasteiger partial charge is 0.387 e. The lowest BCUT2D eigenvalue weighted by Gasteiger charge is -2.23. The molecule has 0 fully saturated rings. The van der Waals surface area contributed by atoms with Crippen LogP contribution >= 0.6 is 11.3 Å². The van der Waals surface area contributed by atoms with Gasteiger partial charge in [0.05, 0.1) is 17.6 Å². The van der Waals surface area contributed by atoms with Crippen molar-refractivity contribution in [3.05, 3.63) is 59.5 Å². The van der Waals surface area contributed by atoms with Crippen molar-refractivity contribution in [2.24, 2.45) is 0 Å². The van der Waals surface area contributed by atoms with E-state index in [1.165, 1.54) is 6.07 Å². The number of carbonyl (C=O) groups is 1. The molecule has 1 heterocycles. The van der Waals surface area contributed by atoms with Crippen molar-refractivity contribution in [1.82, 2.24) is 4.98 Å². The monoisotopic (exact) mass is 467 g/mol. The average molecular weight is 468 g/mol. The number of carbonyl (C=O) groups excluding carboxylic acids is 1. The molecule has 1 N–H and O–H groups in total. The highest BCUT2D eigenvalue weighted by Crippen LogP contribution is 2.33. The Hall–Kier alpha value is -3.05. The van der Waals surface area contributed by atoms with Gasteiger partial charge >= 0.3 is 6.61 Å². The minimum absolute atomic E-state index is 0.0384. The highest BCUT2D eigenvalue weighted by Gasteiger charge is 2.23. The first-order valence-electron chi connectivity index (χ1n) is 8.98. The van der Waals surface area contributed by atoms with Crippen LogP contribution in [0.3, 0.4) is 0 Å². The fourth-order valence-electron chi connectivity index (χ4n) is 2.85. The third-order valence-electron chi connectivity index (χ3n) is 4.20. The first-order chi connectivity index (χ1) is 14.6. The number of thiazole rings is 1. The van der Waals surface area contributed by atoms with Gasteiger partial charge in [0.1, 0.15) is 12.3 Å². The van der Waals surface area contributed by atoms with E-state index in [2.05, 4.69) is 15.0 Å². The summed E-state index contributed by atoms with van der Waals surface area (Å²) in [4.78, 5) is 16.8. The van der Waals surface area contributed by atoms with Crippen LogP contribution in [-0.4, -0.2) is 38.7 Å². The number of rotatable bonds is 8. The lowest BCUT2D eigenvalue weighted by molar-refractivity contribution is -0.114. The van der Waals surface area contributed by atoms with Gasteiger partial charge in [0, 0.05) is 10.9 Å². The summed E-state index contributed by atoms with van der Waals surface area (Å²) in [6.45, 7) is -1.68. The van der Waals surface area contributed by atoms with Crippen LogP contribution in [0.5, 0.6) is 5.75 Å². The number of sulfonamides is 1. The van der Waals surface area contributed by atoms with Gasteiger partial charge in [-0.1, -0.05) is 30.3 Å². The van der Waals surface area contributed by atoms with Crippen molar-refractivity contribution in [3.63, 3.8) is 0 Å². The Labute approximate surface area is 182 Å². The molecule has 0 aliphatic heterocycles. The molecule has 0 unspecified atom stereocenters. The highest BCUT2D eigenvalue weighted by atomic mass is 32.2. The summed E-state index contributed by atoms with van der Waals surface area (Å²) in [7, 11) is -3.71. The van der Waals surface area contributed by atoms with E-state index in [0.717, 1.165) is 21.9 Å². The van der Waals surface area contributed by atoms with Crippen LogP contribution in [0.1, 0.15) is 5.56 Å². The van der Waals surface area contributed by atoms with Crippen molar-refractivity contribution in [2.75, 3.05) is 22.4 Å². The van der Waals surface area contributed by atoms with Crippen LogP contribution < -0.4 is 14.4 Å². The molecule has 0 aliphatic carbocycles. The Morgan fingerprint density at radius 1 is 1.19 bits per heavy atom. The molecule has 31 heavy (non-hydrogen) atoms. The van der Waals surface area contributed by atoms with Crippen LogP contribution in [0.2, 0.25) is 0 Å². The second-order valence-corrected chi connectivity index (χ2v) is 9.28. The average Bonchev–Trinajstić information content (AvgIpc) is 3.14. The number of para-hydroxylation sites is 2. The number of ether oxygens (including phenoxy) is 1. The minimum Gasteiger partial charge on any atom is -0.434 e. The Balaban J connectivity index is 1.78. The second-order valence-electron chi connectivity index (χ2n) is 6.52. The molecule has 0 aliphatic rings. The Kier molecular flexibility index (Phi) is 6.86. The minimum atomic E-state index is -3.71. The Morgan fingerprint density at radius 2 is 1.87 bits per heavy atom. The number of nitrogens with one attached hydrogen (secondary N) is 1. The van der Waals surface area contributed by atoms with Crippen molar-refractivity contribution < 1.29 is 26.7 Å². The van der Waals surface area contributed by atoms with Gasteiger partial charge in [0.2, 0.25) is 15.9 Å². The van der Waals surface area contributed by atoms with Crippen molar-refractivity contribution >= 4 is 38.1 Å². The number of amides is 1. The van der Waals surface area contributed by atoms with Crippen molar-refractivity contribution in [1.29, 1.82) is 0 Å². The second kappa shape index (κ2) is 9.40. The quantitative estimate of drug-likeness (QED) is 0.538. The number of halogens is 2. The van der Waals surface area contributed by atoms with Gasteiger partial charge in [-0.2, -0.15) is 8.78 Å². The van der Waals surface area contributed by atoms with E-state index in [0.29, 0.717) is 22.5 Å². The molecule has 1 amide bonds. The van der Waals surface area contributed by atoms with Gasteiger partial charge in [-0.25, -0.2) is 13.4 Å². The molecule has 11 heteroatoms. The zero-order valence-electron chi connectivity index (χ0n) is 16.6. The van der Waals surface area contributed by atoms with E-state index in [1.54, 1.807) is 54.8 Å². The number of aryl methyl sites for hydroxylation is 1. The molecular weight excluding hydrogens is 448 g/mol. The molecular formula is C20H19F2N3O4S2. The largest absolute Gasteiger partial charge is 0.434 e. The standard InChI is InChI=1S/C20H19F2N3O4S2/c1-13-7-3-5-9-16(13)25(31(2,27)28)11-18(26)24-20-23-15(12-30-20)14-8-4-6-10-17(14)29-19(21)22/h3-10,12,19H,11H2,1-2H3,(H,23,24,26). The molecule has 3 rings (SSSR count). The van der Waals surface area contributed by atoms with Crippen LogP contribution in [0.15, 0.2) is 53.9 Å². The van der Waals surface area contributed by atoms with Crippen LogP contribution in [-0.2, 0) is 14.8 Å². The summed E-state index contributed by atoms with van der Waals surface area (Å²) in [5.74, 6) is -0.629. The summed E-state index contributed by atoms with van der Waals surface area (Å²) >= 11 is 1.08. The first-order valence-corrected chi connectivity index (χ1v) is 11.7. The lowest BCUT2D eigenvalue weighted by Crippen LogP contribution is -2.37. The maximum Gasteiger partial charge on any atom is 0.387 e. The highest BCUT2D eigenvalue weighted by molar-refractivity contribution is 7.92. The van der Waals surface area contributed by atoms with Crippen LogP contribution in [0, 0.1) is 6.92 Å². The third kappa shape index (κ3) is 5.76. The number of benzene rings is 2. The predicted molar refractivity (Wildman–Crippen MR) is 116 cm³/mol. The summed E-state index contributed by atoms with van der Waals surface area (Å²) in [5.41, 5.74) is 1.79. The molecule has 3 aromatic rings. The van der Waals surface area contributed by atoms with E-state index in [1.807, 2.05) is 0 Å². The molecule has 164 valence electrons. The maximum absolute atomic E-state index is 12.6. The number of alkyl halides is 2. The van der Waals surface area contributed by atoms with Gasteiger partial charge in [-0.15, -0.1) is 11.3 Å². The fourth-order valence-corrected chi connectivity index (χ4v) is 4.49. The van der Waals surface area contributed by atoms with Crippen LogP contribution in [0.25, 0.3) is 11.3 Å². The number of nitrogens with zero attached hydrogens (tertiary/aromatic N) is 2. The molecule has 0 atom stereocenters. The van der Waals surface area contributed by atoms with Gasteiger partial charge in [0.25, 0.3) is 0 Å². The molecule has 0 saturated heterocycles. The molecule has 7 nitrogen and oxygen atoms in total. The summed E-state index contributed by atoms with van der Waals surface area (Å²) in [6.07, 6.45) is 1.02. The molecule has 0 radical (unpaired) electrons. The van der Waals surface area contributed by atoms with E-state index < -0.39 is 29.1 Å². The van der Waals surface area contributed by atoms with E-state index in [9.17, 15) is 22.0 Å². The Morgan fingerprint density at radius 3 is 2.55 bits per heavy atom. The summed E-state index contributed by atoms with van der Waals surface area (Å²) < 4.78 is 55.3. The fraction of sp³-hybridized carbons (Fsp3) is 0.200. The summed E-state index contributed by atoms with van der Waals surface area (Å²) in [6, 6.07) is 13.0. The lowest BCUT2D eigenvalue weighted by atomic mass is 10.1. The van der Waals surface area contributed by atoms with Crippen molar-refractivity contribution in [2.45, 2.75) is 13.5 Å². The van der Waals surface area contributed by atoms with Gasteiger partial charge in [-0.05, 0) is 30.7 Å². The molecule has 0 saturated carbocycles. The first kappa shape index (κ1) is 22.6. The third-order valence-corrected chi connectivity index (χ3v) is 6.09. The molecule has 0 bridgehead atoms. The molecule has 2 aromatic carbocycles. The normalized spacial score (nSPS) is 11.4. The van der Waals surface area contributed by atoms with Gasteiger partial charge in [-0.3, -0.25) is 9.10 Å². The zero-order valence-corrected chi connectivity index (χ0v) is 18.2. The van der Waals surface area contributed by atoms with Crippen LogP contribution in [0.4, 0.5) is 19.6 Å². The topological polar surface area (TPSA) is 88.6 Å². The van der Waals surface area contributed by atoms with E-state index >= 15 is 0 Å². The molecule has 0 spiro atoms. The van der Waals surface area contributed by atoms with E-state index in [-0.39, 0.29) is 10.9 Å². The van der Waals surface area contributed by atoms with E-state index in [4.69, 9.17) is 0 Å². The maximum atomic E-state index is 12.6. The molecule has 1 aromatic heterocycles. The predicted octanol–water partition coefficient (Wildman–Crippen LogP) is 4.12. The van der Waals surface area contributed by atoms with Gasteiger partial charge in [0.15, 0.2) is 5.13 Å². The number of anilines is 2. The number of aromatic nitrogens is 1. The number of hydrogen-bond acceptors (Lipinski definition) is 6.